The molecule has 2 heterocycles. The molecular formula is C17H23NO5S. The van der Waals surface area contributed by atoms with E-state index in [1.807, 2.05) is 18.4 Å². The van der Waals surface area contributed by atoms with Crippen LogP contribution in [-0.2, 0) is 19.4 Å². The van der Waals surface area contributed by atoms with E-state index in [0.717, 1.165) is 30.7 Å². The summed E-state index contributed by atoms with van der Waals surface area (Å²) in [7, 11) is -2.99. The van der Waals surface area contributed by atoms with Crippen molar-refractivity contribution in [2.75, 3.05) is 18.1 Å². The molecule has 1 atom stereocenters. The number of sulfone groups is 1. The van der Waals surface area contributed by atoms with Crippen LogP contribution in [0.25, 0.3) is 0 Å². The third-order valence-corrected chi connectivity index (χ3v) is 6.89. The highest BCUT2D eigenvalue weighted by Crippen LogP contribution is 2.30. The van der Waals surface area contributed by atoms with Crippen LogP contribution in [0, 0.1) is 19.8 Å². The normalized spacial score (nSPS) is 23.0. The molecule has 1 aliphatic carbocycles. The second-order valence-corrected chi connectivity index (χ2v) is 9.10. The third-order valence-electron chi connectivity index (χ3n) is 5.14. The van der Waals surface area contributed by atoms with Gasteiger partial charge in [-0.1, -0.05) is 6.42 Å². The molecule has 0 amide bonds. The summed E-state index contributed by atoms with van der Waals surface area (Å²) in [6, 6.07) is 1.65. The predicted molar refractivity (Wildman–Crippen MR) is 88.8 cm³/mol. The van der Waals surface area contributed by atoms with Crippen LogP contribution in [0.3, 0.4) is 0 Å². The van der Waals surface area contributed by atoms with Gasteiger partial charge in [0.15, 0.2) is 16.4 Å². The lowest BCUT2D eigenvalue weighted by atomic mass is 9.86. The number of nitrogens with zero attached hydrogens (tertiary/aromatic N) is 1. The van der Waals surface area contributed by atoms with Gasteiger partial charge in [0.05, 0.1) is 17.4 Å². The Bertz CT molecular complexity index is 773. The van der Waals surface area contributed by atoms with E-state index in [-0.39, 0.29) is 41.8 Å². The largest absolute Gasteiger partial charge is 0.457 e. The lowest BCUT2D eigenvalue weighted by molar-refractivity contribution is -0.150. The summed E-state index contributed by atoms with van der Waals surface area (Å²) in [6.45, 7) is 3.44. The topological polar surface area (TPSA) is 82.4 Å². The average Bonchev–Trinajstić information content (AvgIpc) is 2.93. The Morgan fingerprint density at radius 3 is 2.50 bits per heavy atom. The molecule has 132 valence electrons. The minimum Gasteiger partial charge on any atom is -0.457 e. The summed E-state index contributed by atoms with van der Waals surface area (Å²) in [5.74, 6) is -0.257. The molecule has 1 aliphatic heterocycles. The number of aryl methyl sites for hydroxylation is 1. The molecule has 1 aromatic rings. The summed E-state index contributed by atoms with van der Waals surface area (Å²) < 4.78 is 30.5. The Hall–Kier alpha value is -1.63. The van der Waals surface area contributed by atoms with Crippen molar-refractivity contribution in [2.45, 2.75) is 45.6 Å². The van der Waals surface area contributed by atoms with Gasteiger partial charge in [-0.3, -0.25) is 9.59 Å². The fraction of sp³-hybridized carbons (Fsp3) is 0.647. The summed E-state index contributed by atoms with van der Waals surface area (Å²) >= 11 is 0. The van der Waals surface area contributed by atoms with Gasteiger partial charge < -0.3 is 9.30 Å². The molecular weight excluding hydrogens is 330 g/mol. The fourth-order valence-electron chi connectivity index (χ4n) is 3.58. The molecule has 0 bridgehead atoms. The second-order valence-electron chi connectivity index (χ2n) is 6.87. The minimum atomic E-state index is -2.99. The highest BCUT2D eigenvalue weighted by atomic mass is 32.2. The van der Waals surface area contributed by atoms with E-state index in [2.05, 4.69) is 0 Å². The lowest BCUT2D eigenvalue weighted by Gasteiger charge is -2.22. The number of hydrogen-bond donors (Lipinski definition) is 0. The van der Waals surface area contributed by atoms with Crippen molar-refractivity contribution < 1.29 is 22.7 Å². The van der Waals surface area contributed by atoms with Crippen molar-refractivity contribution >= 4 is 21.6 Å². The molecule has 3 rings (SSSR count). The SMILES string of the molecule is Cc1cc(C(=O)COC(=O)C2CCC2)c(C)n1C1CCS(=O)(=O)C1. The first-order valence-corrected chi connectivity index (χ1v) is 10.2. The molecule has 1 saturated heterocycles. The van der Waals surface area contributed by atoms with Gasteiger partial charge >= 0.3 is 5.97 Å². The molecule has 2 aliphatic rings. The van der Waals surface area contributed by atoms with Crippen LogP contribution in [0.4, 0.5) is 0 Å². The summed E-state index contributed by atoms with van der Waals surface area (Å²) in [5.41, 5.74) is 2.13. The minimum absolute atomic E-state index is 0.0473. The summed E-state index contributed by atoms with van der Waals surface area (Å²) in [6.07, 6.45) is 3.30. The predicted octanol–water partition coefficient (Wildman–Crippen LogP) is 1.99. The van der Waals surface area contributed by atoms with Crippen molar-refractivity contribution in [3.63, 3.8) is 0 Å². The van der Waals surface area contributed by atoms with Crippen molar-refractivity contribution in [3.05, 3.63) is 23.0 Å². The number of esters is 1. The number of carbonyl (C=O) groups is 2. The monoisotopic (exact) mass is 353 g/mol. The van der Waals surface area contributed by atoms with E-state index in [1.165, 1.54) is 0 Å². The molecule has 1 unspecified atom stereocenters. The maximum atomic E-state index is 12.4. The zero-order valence-corrected chi connectivity index (χ0v) is 14.9. The highest BCUT2D eigenvalue weighted by molar-refractivity contribution is 7.91. The van der Waals surface area contributed by atoms with Gasteiger partial charge in [-0.25, -0.2) is 8.42 Å². The maximum Gasteiger partial charge on any atom is 0.309 e. The van der Waals surface area contributed by atoms with Crippen molar-refractivity contribution in [1.29, 1.82) is 0 Å². The molecule has 1 saturated carbocycles. The van der Waals surface area contributed by atoms with Crippen molar-refractivity contribution in [1.82, 2.24) is 4.57 Å². The number of ether oxygens (including phenoxy) is 1. The number of ketones is 1. The van der Waals surface area contributed by atoms with Gasteiger partial charge in [-0.15, -0.1) is 0 Å². The quantitative estimate of drug-likeness (QED) is 0.597. The molecule has 6 nitrogen and oxygen atoms in total. The Morgan fingerprint density at radius 1 is 1.25 bits per heavy atom. The zero-order valence-electron chi connectivity index (χ0n) is 14.1. The van der Waals surface area contributed by atoms with Crippen LogP contribution in [0.5, 0.6) is 0 Å². The van der Waals surface area contributed by atoms with E-state index in [4.69, 9.17) is 4.74 Å². The number of Topliss-reactive ketones (excluding diaryl/α,β-unsaturated/α-hetero) is 1. The highest BCUT2D eigenvalue weighted by Gasteiger charge is 2.32. The molecule has 1 aromatic heterocycles. The standard InChI is InChI=1S/C17H23NO5S/c1-11-8-15(16(19)9-23-17(20)13-4-3-5-13)12(2)18(11)14-6-7-24(21,22)10-14/h8,13-14H,3-7,9-10H2,1-2H3. The first kappa shape index (κ1) is 17.2. The number of aromatic nitrogens is 1. The number of rotatable bonds is 5. The summed E-state index contributed by atoms with van der Waals surface area (Å²) in [5, 5.41) is 0. The zero-order chi connectivity index (χ0) is 17.5. The molecule has 0 radical (unpaired) electrons. The third kappa shape index (κ3) is 3.27. The lowest BCUT2D eigenvalue weighted by Crippen LogP contribution is -2.26. The van der Waals surface area contributed by atoms with E-state index in [1.54, 1.807) is 6.07 Å². The smallest absolute Gasteiger partial charge is 0.309 e. The van der Waals surface area contributed by atoms with Crippen LogP contribution in [0.1, 0.15) is 53.5 Å². The van der Waals surface area contributed by atoms with E-state index < -0.39 is 9.84 Å². The van der Waals surface area contributed by atoms with Crippen molar-refractivity contribution in [3.8, 4) is 0 Å². The number of carbonyl (C=O) groups excluding carboxylic acids is 2. The molecule has 7 heteroatoms. The van der Waals surface area contributed by atoms with Crippen LogP contribution in [-0.4, -0.2) is 42.9 Å². The maximum absolute atomic E-state index is 12.4. The van der Waals surface area contributed by atoms with Crippen molar-refractivity contribution in [2.24, 2.45) is 5.92 Å². The Balaban J connectivity index is 1.71. The van der Waals surface area contributed by atoms with Crippen LogP contribution >= 0.6 is 0 Å². The first-order chi connectivity index (χ1) is 11.3. The van der Waals surface area contributed by atoms with Gasteiger partial charge in [0.1, 0.15) is 0 Å². The average molecular weight is 353 g/mol. The molecule has 0 N–H and O–H groups in total. The Labute approximate surface area is 142 Å². The van der Waals surface area contributed by atoms with E-state index >= 15 is 0 Å². The fourth-order valence-corrected chi connectivity index (χ4v) is 5.28. The van der Waals surface area contributed by atoms with E-state index in [9.17, 15) is 18.0 Å². The summed E-state index contributed by atoms with van der Waals surface area (Å²) in [4.78, 5) is 24.2. The van der Waals surface area contributed by atoms with Crippen LogP contribution in [0.2, 0.25) is 0 Å². The van der Waals surface area contributed by atoms with E-state index in [0.29, 0.717) is 12.0 Å². The molecule has 2 fully saturated rings. The molecule has 0 aromatic carbocycles. The first-order valence-electron chi connectivity index (χ1n) is 8.37. The van der Waals surface area contributed by atoms with Gasteiger partial charge in [0, 0.05) is 23.0 Å². The Morgan fingerprint density at radius 2 is 1.96 bits per heavy atom. The molecule has 24 heavy (non-hydrogen) atoms. The number of hydrogen-bond acceptors (Lipinski definition) is 5. The Kier molecular flexibility index (Phi) is 4.55. The van der Waals surface area contributed by atoms with Gasteiger partial charge in [-0.2, -0.15) is 0 Å². The second kappa shape index (κ2) is 6.35. The van der Waals surface area contributed by atoms with Gasteiger partial charge in [-0.05, 0) is 39.2 Å². The van der Waals surface area contributed by atoms with Crippen LogP contribution < -0.4 is 0 Å². The van der Waals surface area contributed by atoms with Crippen LogP contribution in [0.15, 0.2) is 6.07 Å². The molecule has 0 spiro atoms. The van der Waals surface area contributed by atoms with Gasteiger partial charge in [0.25, 0.3) is 0 Å². The van der Waals surface area contributed by atoms with Gasteiger partial charge in [0.2, 0.25) is 5.78 Å².